The number of hydrogen-bond acceptors (Lipinski definition) is 1. The maximum atomic E-state index is 13.1. The van der Waals surface area contributed by atoms with E-state index in [1.807, 2.05) is 0 Å². The molecule has 2 nitrogen and oxygen atoms in total. The lowest BCUT2D eigenvalue weighted by Crippen LogP contribution is -2.37. The molecule has 0 saturated heterocycles. The summed E-state index contributed by atoms with van der Waals surface area (Å²) >= 11 is 3.34. The summed E-state index contributed by atoms with van der Waals surface area (Å²) < 4.78 is 13.9. The van der Waals surface area contributed by atoms with E-state index in [0.717, 1.165) is 17.3 Å². The van der Waals surface area contributed by atoms with Gasteiger partial charge in [-0.2, -0.15) is 0 Å². The van der Waals surface area contributed by atoms with E-state index in [4.69, 9.17) is 0 Å². The number of hydrogen-bond donors (Lipinski definition) is 1. The highest BCUT2D eigenvalue weighted by molar-refractivity contribution is 9.10. The molecular formula is C14H17BrFNO. The molecule has 0 atom stereocenters. The normalized spacial score (nSPS) is 16.6. The van der Waals surface area contributed by atoms with Crippen molar-refractivity contribution in [2.75, 3.05) is 0 Å². The summed E-state index contributed by atoms with van der Waals surface area (Å²) in [5.41, 5.74) is 0.698. The molecule has 1 aromatic rings. The number of carbonyl (C=O) groups excluding carboxylic acids is 1. The molecule has 1 aromatic carbocycles. The van der Waals surface area contributed by atoms with Crippen LogP contribution in [-0.2, 0) is 11.2 Å². The van der Waals surface area contributed by atoms with Crippen LogP contribution in [0.25, 0.3) is 0 Å². The van der Waals surface area contributed by atoms with Gasteiger partial charge in [0.2, 0.25) is 5.91 Å². The zero-order valence-corrected chi connectivity index (χ0v) is 11.8. The molecule has 0 bridgehead atoms. The summed E-state index contributed by atoms with van der Waals surface area (Å²) in [5.74, 6) is -0.327. The third kappa shape index (κ3) is 3.80. The van der Waals surface area contributed by atoms with E-state index in [1.54, 1.807) is 6.07 Å². The Kier molecular flexibility index (Phi) is 4.75. The van der Waals surface area contributed by atoms with Crippen LogP contribution in [-0.4, -0.2) is 11.9 Å². The van der Waals surface area contributed by atoms with E-state index < -0.39 is 0 Å². The Labute approximate surface area is 115 Å². The molecule has 0 aromatic heterocycles. The van der Waals surface area contributed by atoms with Crippen molar-refractivity contribution in [1.82, 2.24) is 5.32 Å². The highest BCUT2D eigenvalue weighted by Gasteiger charge is 2.16. The molecule has 0 radical (unpaired) electrons. The molecule has 1 aliphatic rings. The first-order valence-electron chi connectivity index (χ1n) is 6.38. The van der Waals surface area contributed by atoms with Gasteiger partial charge >= 0.3 is 0 Å². The van der Waals surface area contributed by atoms with Crippen LogP contribution in [0.4, 0.5) is 4.39 Å². The molecule has 98 valence electrons. The first kappa shape index (κ1) is 13.5. The topological polar surface area (TPSA) is 29.1 Å². The quantitative estimate of drug-likeness (QED) is 0.908. The Morgan fingerprint density at radius 3 is 2.78 bits per heavy atom. The van der Waals surface area contributed by atoms with Crippen molar-refractivity contribution in [3.05, 3.63) is 34.1 Å². The van der Waals surface area contributed by atoms with Crippen LogP contribution < -0.4 is 5.32 Å². The van der Waals surface area contributed by atoms with Crippen LogP contribution in [0.5, 0.6) is 0 Å². The number of carbonyl (C=O) groups is 1. The van der Waals surface area contributed by atoms with E-state index in [-0.39, 0.29) is 18.1 Å². The molecule has 0 spiro atoms. The molecule has 1 fully saturated rings. The Morgan fingerprint density at radius 1 is 1.33 bits per heavy atom. The van der Waals surface area contributed by atoms with Gasteiger partial charge in [-0.1, -0.05) is 35.2 Å². The molecule has 0 aliphatic heterocycles. The van der Waals surface area contributed by atoms with Gasteiger partial charge in [0, 0.05) is 10.5 Å². The monoisotopic (exact) mass is 313 g/mol. The number of rotatable bonds is 3. The van der Waals surface area contributed by atoms with Crippen molar-refractivity contribution in [2.45, 2.75) is 44.6 Å². The average molecular weight is 314 g/mol. The van der Waals surface area contributed by atoms with Gasteiger partial charge in [0.05, 0.1) is 6.42 Å². The molecule has 2 rings (SSSR count). The summed E-state index contributed by atoms with van der Waals surface area (Å²) in [4.78, 5) is 11.9. The van der Waals surface area contributed by atoms with Crippen molar-refractivity contribution in [3.63, 3.8) is 0 Å². The second-order valence-corrected chi connectivity index (χ2v) is 5.67. The Bertz CT molecular complexity index is 430. The largest absolute Gasteiger partial charge is 0.353 e. The molecule has 4 heteroatoms. The van der Waals surface area contributed by atoms with Gasteiger partial charge < -0.3 is 5.32 Å². The standard InChI is InChI=1S/C14H17BrFNO/c15-13-7-6-11(16)8-10(13)9-14(18)17-12-4-2-1-3-5-12/h6-8,12H,1-5,9H2,(H,17,18). The molecule has 1 amide bonds. The first-order valence-corrected chi connectivity index (χ1v) is 7.18. The third-order valence-electron chi connectivity index (χ3n) is 3.33. The Morgan fingerprint density at radius 2 is 2.06 bits per heavy atom. The van der Waals surface area contributed by atoms with E-state index in [2.05, 4.69) is 21.2 Å². The van der Waals surface area contributed by atoms with Crippen molar-refractivity contribution in [1.29, 1.82) is 0 Å². The van der Waals surface area contributed by atoms with Gasteiger partial charge in [-0.25, -0.2) is 4.39 Å². The van der Waals surface area contributed by atoms with Gasteiger partial charge in [-0.3, -0.25) is 4.79 Å². The minimum Gasteiger partial charge on any atom is -0.353 e. The van der Waals surface area contributed by atoms with Crippen LogP contribution in [0, 0.1) is 5.82 Å². The van der Waals surface area contributed by atoms with E-state index >= 15 is 0 Å². The molecule has 18 heavy (non-hydrogen) atoms. The lowest BCUT2D eigenvalue weighted by Gasteiger charge is -2.22. The number of amides is 1. The fraction of sp³-hybridized carbons (Fsp3) is 0.500. The SMILES string of the molecule is O=C(Cc1cc(F)ccc1Br)NC1CCCCC1. The second kappa shape index (κ2) is 6.32. The van der Waals surface area contributed by atoms with Crippen molar-refractivity contribution in [3.8, 4) is 0 Å². The Balaban J connectivity index is 1.92. The molecular weight excluding hydrogens is 297 g/mol. The maximum absolute atomic E-state index is 13.1. The fourth-order valence-corrected chi connectivity index (χ4v) is 2.76. The van der Waals surface area contributed by atoms with Crippen molar-refractivity contribution in [2.24, 2.45) is 0 Å². The average Bonchev–Trinajstić information content (AvgIpc) is 2.35. The van der Waals surface area contributed by atoms with Gasteiger partial charge in [0.15, 0.2) is 0 Å². The van der Waals surface area contributed by atoms with Crippen LogP contribution in [0.3, 0.4) is 0 Å². The minimum absolute atomic E-state index is 0.0202. The summed E-state index contributed by atoms with van der Waals surface area (Å²) in [6, 6.07) is 4.73. The van der Waals surface area contributed by atoms with Gasteiger partial charge in [-0.15, -0.1) is 0 Å². The minimum atomic E-state index is -0.307. The zero-order chi connectivity index (χ0) is 13.0. The van der Waals surface area contributed by atoms with Crippen molar-refractivity contribution >= 4 is 21.8 Å². The Hall–Kier alpha value is -0.900. The molecule has 0 heterocycles. The molecule has 0 unspecified atom stereocenters. The van der Waals surface area contributed by atoms with E-state index in [0.29, 0.717) is 11.6 Å². The van der Waals surface area contributed by atoms with Gasteiger partial charge in [0.1, 0.15) is 5.82 Å². The van der Waals surface area contributed by atoms with Crippen LogP contribution in [0.1, 0.15) is 37.7 Å². The summed E-state index contributed by atoms with van der Waals surface area (Å²) in [5, 5.41) is 3.03. The molecule has 1 saturated carbocycles. The zero-order valence-electron chi connectivity index (χ0n) is 10.2. The maximum Gasteiger partial charge on any atom is 0.224 e. The van der Waals surface area contributed by atoms with Crippen molar-refractivity contribution < 1.29 is 9.18 Å². The van der Waals surface area contributed by atoms with Gasteiger partial charge in [0.25, 0.3) is 0 Å². The first-order chi connectivity index (χ1) is 8.65. The summed E-state index contributed by atoms with van der Waals surface area (Å²) in [6.45, 7) is 0. The predicted molar refractivity (Wildman–Crippen MR) is 72.8 cm³/mol. The highest BCUT2D eigenvalue weighted by atomic mass is 79.9. The molecule has 1 N–H and O–H groups in total. The van der Waals surface area contributed by atoms with Crippen LogP contribution in [0.2, 0.25) is 0 Å². The van der Waals surface area contributed by atoms with Gasteiger partial charge in [-0.05, 0) is 36.6 Å². The van der Waals surface area contributed by atoms with E-state index in [9.17, 15) is 9.18 Å². The third-order valence-corrected chi connectivity index (χ3v) is 4.10. The summed E-state index contributed by atoms with van der Waals surface area (Å²) in [6.07, 6.45) is 6.01. The van der Waals surface area contributed by atoms with E-state index in [1.165, 1.54) is 31.4 Å². The lowest BCUT2D eigenvalue weighted by molar-refractivity contribution is -0.121. The predicted octanol–water partition coefficient (Wildman–Crippen LogP) is 3.58. The van der Waals surface area contributed by atoms with Crippen LogP contribution >= 0.6 is 15.9 Å². The number of nitrogens with one attached hydrogen (secondary N) is 1. The highest BCUT2D eigenvalue weighted by Crippen LogP contribution is 2.20. The molecule has 1 aliphatic carbocycles. The smallest absolute Gasteiger partial charge is 0.224 e. The van der Waals surface area contributed by atoms with Crippen LogP contribution in [0.15, 0.2) is 22.7 Å². The lowest BCUT2D eigenvalue weighted by atomic mass is 9.95. The summed E-state index contributed by atoms with van der Waals surface area (Å²) in [7, 11) is 0. The number of benzene rings is 1. The number of halogens is 2. The second-order valence-electron chi connectivity index (χ2n) is 4.81. The fourth-order valence-electron chi connectivity index (χ4n) is 2.38.